The second kappa shape index (κ2) is 16.5. The molecule has 0 bridgehead atoms. The van der Waals surface area contributed by atoms with Crippen molar-refractivity contribution in [2.24, 2.45) is 10.9 Å². The van der Waals surface area contributed by atoms with Gasteiger partial charge in [0.05, 0.1) is 26.1 Å². The average Bonchev–Trinajstić information content (AvgIpc) is 3.48. The van der Waals surface area contributed by atoms with Gasteiger partial charge in [-0.1, -0.05) is 91.1 Å². The molecule has 3 aromatic rings. The molecule has 43 heavy (non-hydrogen) atoms. The highest BCUT2D eigenvalue weighted by Crippen LogP contribution is 2.43. The molecule has 1 aromatic heterocycles. The summed E-state index contributed by atoms with van der Waals surface area (Å²) in [5, 5.41) is 35.2. The lowest BCUT2D eigenvalue weighted by molar-refractivity contribution is -0.119. The Morgan fingerprint density at radius 2 is 1.65 bits per heavy atom. The highest BCUT2D eigenvalue weighted by Gasteiger charge is 2.29. The zero-order valence-corrected chi connectivity index (χ0v) is 26.2. The topological polar surface area (TPSA) is 137 Å². The first-order valence-electron chi connectivity index (χ1n) is 14.6. The summed E-state index contributed by atoms with van der Waals surface area (Å²) in [5.41, 5.74) is 3.22. The molecule has 1 saturated carbocycles. The van der Waals surface area contributed by atoms with Gasteiger partial charge in [0.2, 0.25) is 16.9 Å². The number of hydrogen-bond acceptors (Lipinski definition) is 9. The number of allylic oxidation sites excluding steroid dienone is 2. The van der Waals surface area contributed by atoms with Crippen molar-refractivity contribution in [3.63, 3.8) is 0 Å². The number of aliphatic hydroxyl groups excluding tert-OH is 2. The lowest BCUT2D eigenvalue weighted by atomic mass is 9.81. The molecule has 2 unspecified atom stereocenters. The summed E-state index contributed by atoms with van der Waals surface area (Å²) in [6.07, 6.45) is 7.51. The van der Waals surface area contributed by atoms with E-state index < -0.39 is 0 Å². The standard InChI is InChI=1S/C32H39N5O4S2/c1-3-7-27(42-31(33-2)34-28(40)16-21-8-4-10-23(14-21)19-38)25-12-6-13-26(18-25)30-36-37-32(43-30)35-29(41)17-22-9-5-11-24(15-22)20-39/h4-5,7-11,14-15,25-26,38-39H,3,6,12-13,16-20H2,1-2H3,(H,33,34,40)(H,35,37,41). The largest absolute Gasteiger partial charge is 0.392 e. The van der Waals surface area contributed by atoms with E-state index in [4.69, 9.17) is 0 Å². The van der Waals surface area contributed by atoms with Gasteiger partial charge in [-0.05, 0) is 58.8 Å². The Morgan fingerprint density at radius 1 is 1.00 bits per heavy atom. The molecule has 9 nitrogen and oxygen atoms in total. The van der Waals surface area contributed by atoms with Crippen LogP contribution in [0.15, 0.2) is 64.5 Å². The number of benzene rings is 2. The summed E-state index contributed by atoms with van der Waals surface area (Å²) in [4.78, 5) is 31.0. The third-order valence-corrected chi connectivity index (χ3v) is 9.47. The van der Waals surface area contributed by atoms with E-state index in [-0.39, 0.29) is 43.8 Å². The summed E-state index contributed by atoms with van der Waals surface area (Å²) in [5.74, 6) is 0.224. The van der Waals surface area contributed by atoms with E-state index in [1.54, 1.807) is 7.05 Å². The van der Waals surface area contributed by atoms with Crippen molar-refractivity contribution in [2.75, 3.05) is 12.4 Å². The SMILES string of the molecule is CCC=C(SC(=NC)NC(=O)Cc1cccc(CO)c1)C1CCCC(c2nnc(NC(=O)Cc3cccc(CO)c3)s2)C1. The fraction of sp³-hybridized carbons (Fsp3) is 0.406. The molecule has 1 fully saturated rings. The molecule has 1 aliphatic rings. The van der Waals surface area contributed by atoms with Crippen LogP contribution in [0.2, 0.25) is 0 Å². The number of carbonyl (C=O) groups is 2. The first kappa shape index (κ1) is 32.5. The number of thioether (sulfide) groups is 1. The quantitative estimate of drug-likeness (QED) is 0.167. The summed E-state index contributed by atoms with van der Waals surface area (Å²) >= 11 is 2.94. The van der Waals surface area contributed by atoms with Gasteiger partial charge in [-0.25, -0.2) is 0 Å². The molecule has 1 aliphatic carbocycles. The van der Waals surface area contributed by atoms with E-state index in [0.717, 1.165) is 59.4 Å². The van der Waals surface area contributed by atoms with Crippen LogP contribution in [-0.4, -0.2) is 44.4 Å². The Bertz CT molecular complexity index is 1450. The predicted octanol–water partition coefficient (Wildman–Crippen LogP) is 5.35. The Labute approximate surface area is 260 Å². The fourth-order valence-corrected chi connectivity index (χ4v) is 7.24. The number of aliphatic hydroxyl groups is 2. The molecular weight excluding hydrogens is 583 g/mol. The van der Waals surface area contributed by atoms with Gasteiger partial charge in [0.15, 0.2) is 5.17 Å². The van der Waals surface area contributed by atoms with Crippen LogP contribution in [0.3, 0.4) is 0 Å². The normalized spacial score (nSPS) is 17.5. The molecule has 0 saturated heterocycles. The van der Waals surface area contributed by atoms with E-state index in [2.05, 4.69) is 38.8 Å². The van der Waals surface area contributed by atoms with Crippen LogP contribution in [0.25, 0.3) is 0 Å². The molecule has 0 radical (unpaired) electrons. The smallest absolute Gasteiger partial charge is 0.230 e. The monoisotopic (exact) mass is 621 g/mol. The number of nitrogens with one attached hydrogen (secondary N) is 2. The van der Waals surface area contributed by atoms with Crippen molar-refractivity contribution in [3.05, 3.63) is 86.8 Å². The molecule has 1 heterocycles. The maximum atomic E-state index is 12.8. The highest BCUT2D eigenvalue weighted by atomic mass is 32.2. The number of aliphatic imine (C=N–C) groups is 1. The third kappa shape index (κ3) is 9.82. The molecule has 2 amide bonds. The van der Waals surface area contributed by atoms with Crippen LogP contribution >= 0.6 is 23.1 Å². The van der Waals surface area contributed by atoms with Crippen molar-refractivity contribution in [1.82, 2.24) is 15.5 Å². The van der Waals surface area contributed by atoms with Gasteiger partial charge in [-0.2, -0.15) is 0 Å². The van der Waals surface area contributed by atoms with E-state index >= 15 is 0 Å². The van der Waals surface area contributed by atoms with Gasteiger partial charge in [-0.15, -0.1) is 10.2 Å². The minimum Gasteiger partial charge on any atom is -0.392 e. The van der Waals surface area contributed by atoms with Crippen molar-refractivity contribution >= 4 is 45.2 Å². The van der Waals surface area contributed by atoms with Crippen LogP contribution in [0.5, 0.6) is 0 Å². The molecule has 11 heteroatoms. The van der Waals surface area contributed by atoms with Crippen LogP contribution in [0.1, 0.15) is 72.2 Å². The lowest BCUT2D eigenvalue weighted by Crippen LogP contribution is -2.30. The average molecular weight is 622 g/mol. The molecular formula is C32H39N5O4S2. The van der Waals surface area contributed by atoms with Crippen molar-refractivity contribution in [3.8, 4) is 0 Å². The van der Waals surface area contributed by atoms with E-state index in [9.17, 15) is 19.8 Å². The zero-order chi connectivity index (χ0) is 30.6. The van der Waals surface area contributed by atoms with Gasteiger partial charge < -0.3 is 20.8 Å². The molecule has 4 rings (SSSR count). The van der Waals surface area contributed by atoms with Crippen LogP contribution in [-0.2, 0) is 35.6 Å². The van der Waals surface area contributed by atoms with Crippen LogP contribution in [0, 0.1) is 5.92 Å². The number of rotatable bonds is 11. The Hall–Kier alpha value is -3.38. The first-order valence-corrected chi connectivity index (χ1v) is 16.2. The molecule has 0 spiro atoms. The zero-order valence-electron chi connectivity index (χ0n) is 24.6. The molecule has 2 aromatic carbocycles. The molecule has 0 aliphatic heterocycles. The molecule has 4 N–H and O–H groups in total. The number of aromatic nitrogens is 2. The van der Waals surface area contributed by atoms with Crippen molar-refractivity contribution in [2.45, 2.75) is 71.0 Å². The number of amidine groups is 1. The van der Waals surface area contributed by atoms with E-state index in [1.165, 1.54) is 28.0 Å². The number of anilines is 1. The number of amides is 2. The Kier molecular flexibility index (Phi) is 12.5. The first-order chi connectivity index (χ1) is 20.9. The van der Waals surface area contributed by atoms with Gasteiger partial charge in [-0.3, -0.25) is 14.6 Å². The molecule has 2 atom stereocenters. The summed E-state index contributed by atoms with van der Waals surface area (Å²) in [6.45, 7) is 1.98. The summed E-state index contributed by atoms with van der Waals surface area (Å²) in [6, 6.07) is 14.7. The summed E-state index contributed by atoms with van der Waals surface area (Å²) < 4.78 is 0. The van der Waals surface area contributed by atoms with Crippen molar-refractivity contribution in [1.29, 1.82) is 0 Å². The highest BCUT2D eigenvalue weighted by molar-refractivity contribution is 8.17. The van der Waals surface area contributed by atoms with Gasteiger partial charge in [0, 0.05) is 13.0 Å². The molecule has 228 valence electrons. The summed E-state index contributed by atoms with van der Waals surface area (Å²) in [7, 11) is 1.68. The van der Waals surface area contributed by atoms with Gasteiger partial charge in [0.1, 0.15) is 5.01 Å². The Balaban J connectivity index is 1.34. The lowest BCUT2D eigenvalue weighted by Gasteiger charge is -2.29. The van der Waals surface area contributed by atoms with Gasteiger partial charge >= 0.3 is 0 Å². The van der Waals surface area contributed by atoms with Crippen LogP contribution < -0.4 is 10.6 Å². The maximum Gasteiger partial charge on any atom is 0.230 e. The number of nitrogens with zero attached hydrogens (tertiary/aromatic N) is 3. The number of carbonyl (C=O) groups excluding carboxylic acids is 2. The second-order valence-corrected chi connectivity index (χ2v) is 12.6. The predicted molar refractivity (Wildman–Crippen MR) is 173 cm³/mol. The van der Waals surface area contributed by atoms with E-state index in [0.29, 0.717) is 16.2 Å². The third-order valence-electron chi connectivity index (χ3n) is 7.26. The minimum atomic E-state index is -0.168. The maximum absolute atomic E-state index is 12.8. The second-order valence-electron chi connectivity index (χ2n) is 10.6. The Morgan fingerprint density at radius 3 is 2.28 bits per heavy atom. The van der Waals surface area contributed by atoms with E-state index in [1.807, 2.05) is 48.5 Å². The minimum absolute atomic E-state index is 0.0609. The van der Waals surface area contributed by atoms with Crippen LogP contribution in [0.4, 0.5) is 5.13 Å². The fourth-order valence-electron chi connectivity index (χ4n) is 5.23. The van der Waals surface area contributed by atoms with Gasteiger partial charge in [0.25, 0.3) is 0 Å². The number of hydrogen-bond donors (Lipinski definition) is 4. The van der Waals surface area contributed by atoms with Crippen molar-refractivity contribution < 1.29 is 19.8 Å².